The van der Waals surface area contributed by atoms with Gasteiger partial charge in [0, 0.05) is 35.8 Å². The Hall–Kier alpha value is -4.10. The van der Waals surface area contributed by atoms with Crippen LogP contribution in [-0.2, 0) is 18.0 Å². The Kier molecular flexibility index (Phi) is 8.04. The molecule has 1 fully saturated rings. The molecule has 0 saturated carbocycles. The number of aromatic nitrogens is 1. The van der Waals surface area contributed by atoms with E-state index in [1.165, 1.54) is 0 Å². The average molecular weight is 513 g/mol. The molecule has 1 aliphatic heterocycles. The highest BCUT2D eigenvalue weighted by Gasteiger charge is 2.17. The van der Waals surface area contributed by atoms with E-state index in [4.69, 9.17) is 29.7 Å². The van der Waals surface area contributed by atoms with E-state index in [0.29, 0.717) is 36.2 Å². The van der Waals surface area contributed by atoms with Gasteiger partial charge < -0.3 is 24.7 Å². The monoisotopic (exact) mass is 512 g/mol. The lowest BCUT2D eigenvalue weighted by Gasteiger charge is -2.22. The van der Waals surface area contributed by atoms with Gasteiger partial charge in [-0.2, -0.15) is 0 Å². The van der Waals surface area contributed by atoms with Gasteiger partial charge in [0.25, 0.3) is 0 Å². The fraction of sp³-hybridized carbons (Fsp3) is 0.290. The molecule has 1 aliphatic rings. The third-order valence-electron chi connectivity index (χ3n) is 6.77. The van der Waals surface area contributed by atoms with Crippen LogP contribution in [0.3, 0.4) is 0 Å². The molecule has 38 heavy (non-hydrogen) atoms. The Morgan fingerprint density at radius 2 is 1.63 bits per heavy atom. The number of amides is 1. The van der Waals surface area contributed by atoms with Crippen LogP contribution in [0.25, 0.3) is 10.9 Å². The van der Waals surface area contributed by atoms with E-state index in [-0.39, 0.29) is 6.61 Å². The molecule has 196 valence electrons. The number of carbonyl (C=O) groups is 1. The average Bonchev–Trinajstić information content (AvgIpc) is 2.95. The van der Waals surface area contributed by atoms with Crippen LogP contribution >= 0.6 is 0 Å². The molecule has 1 amide bonds. The first-order valence-corrected chi connectivity index (χ1v) is 12.9. The third kappa shape index (κ3) is 6.23. The summed E-state index contributed by atoms with van der Waals surface area (Å²) in [4.78, 5) is 16.8. The summed E-state index contributed by atoms with van der Waals surface area (Å²) in [5.74, 6) is 1.71. The molecule has 0 bridgehead atoms. The molecule has 0 unspecified atom stereocenters. The quantitative estimate of drug-likeness (QED) is 0.297. The van der Waals surface area contributed by atoms with Crippen molar-refractivity contribution in [2.45, 2.75) is 33.0 Å². The second-order valence-electron chi connectivity index (χ2n) is 9.52. The lowest BCUT2D eigenvalue weighted by Crippen LogP contribution is -2.21. The van der Waals surface area contributed by atoms with E-state index >= 15 is 0 Å². The standard InChI is InChI=1S/C31H32N2O5/c1-21-29(33-28-10-6-5-9-27(28)30(21)38-19-22-7-3-2-4-8-22)20-37-26-16-24(31(32)34)15-25(17-26)36-18-23-11-13-35-14-12-23/h2-10,15-17,23H,11-14,18-20H2,1H3,(H2,32,34). The van der Waals surface area contributed by atoms with Gasteiger partial charge in [-0.15, -0.1) is 0 Å². The number of ether oxygens (including phenoxy) is 4. The third-order valence-corrected chi connectivity index (χ3v) is 6.77. The van der Waals surface area contributed by atoms with Crippen molar-refractivity contribution < 1.29 is 23.7 Å². The second kappa shape index (κ2) is 12.0. The van der Waals surface area contributed by atoms with Crippen molar-refractivity contribution in [1.29, 1.82) is 0 Å². The summed E-state index contributed by atoms with van der Waals surface area (Å²) in [6.07, 6.45) is 1.92. The summed E-state index contributed by atoms with van der Waals surface area (Å²) in [6, 6.07) is 23.0. The normalized spacial score (nSPS) is 13.8. The molecular formula is C31H32N2O5. The van der Waals surface area contributed by atoms with Crippen LogP contribution in [-0.4, -0.2) is 30.7 Å². The van der Waals surface area contributed by atoms with Gasteiger partial charge in [-0.05, 0) is 55.5 Å². The molecular weight excluding hydrogens is 480 g/mol. The number of hydrogen-bond donors (Lipinski definition) is 1. The number of pyridine rings is 1. The maximum absolute atomic E-state index is 12.0. The molecule has 3 aromatic carbocycles. The number of para-hydroxylation sites is 1. The molecule has 7 nitrogen and oxygen atoms in total. The molecule has 4 aromatic rings. The topological polar surface area (TPSA) is 92.9 Å². The summed E-state index contributed by atoms with van der Waals surface area (Å²) < 4.78 is 23.9. The van der Waals surface area contributed by atoms with E-state index < -0.39 is 5.91 Å². The molecule has 0 radical (unpaired) electrons. The number of fused-ring (bicyclic) bond motifs is 1. The Morgan fingerprint density at radius 1 is 0.921 bits per heavy atom. The molecule has 0 aliphatic carbocycles. The summed E-state index contributed by atoms with van der Waals surface area (Å²) in [6.45, 7) is 4.68. The van der Waals surface area contributed by atoms with Crippen LogP contribution in [0.4, 0.5) is 0 Å². The van der Waals surface area contributed by atoms with E-state index in [1.807, 2.05) is 61.5 Å². The van der Waals surface area contributed by atoms with Crippen LogP contribution in [0, 0.1) is 12.8 Å². The number of primary amides is 1. The number of carbonyl (C=O) groups excluding carboxylic acids is 1. The van der Waals surface area contributed by atoms with Crippen molar-refractivity contribution in [3.05, 3.63) is 95.2 Å². The smallest absolute Gasteiger partial charge is 0.248 e. The molecule has 0 spiro atoms. The van der Waals surface area contributed by atoms with E-state index in [2.05, 4.69) is 0 Å². The molecule has 2 N–H and O–H groups in total. The first kappa shape index (κ1) is 25.5. The lowest BCUT2D eigenvalue weighted by molar-refractivity contribution is 0.0497. The van der Waals surface area contributed by atoms with Gasteiger partial charge in [-0.25, -0.2) is 4.98 Å². The Morgan fingerprint density at radius 3 is 2.39 bits per heavy atom. The van der Waals surface area contributed by atoms with E-state index in [0.717, 1.165) is 59.5 Å². The number of benzene rings is 3. The zero-order valence-electron chi connectivity index (χ0n) is 21.5. The highest BCUT2D eigenvalue weighted by Crippen LogP contribution is 2.32. The minimum Gasteiger partial charge on any atom is -0.493 e. The predicted octanol–water partition coefficient (Wildman–Crippen LogP) is 5.61. The summed E-state index contributed by atoms with van der Waals surface area (Å²) in [5.41, 5.74) is 9.49. The lowest BCUT2D eigenvalue weighted by atomic mass is 10.0. The van der Waals surface area contributed by atoms with Gasteiger partial charge in [-0.3, -0.25) is 4.79 Å². The van der Waals surface area contributed by atoms with Gasteiger partial charge in [0.1, 0.15) is 30.5 Å². The van der Waals surface area contributed by atoms with Gasteiger partial charge in [0.15, 0.2) is 0 Å². The Balaban J connectivity index is 1.36. The zero-order chi connectivity index (χ0) is 26.3. The predicted molar refractivity (Wildman–Crippen MR) is 146 cm³/mol. The van der Waals surface area contributed by atoms with Crippen molar-refractivity contribution >= 4 is 16.8 Å². The van der Waals surface area contributed by atoms with Crippen LogP contribution < -0.4 is 19.9 Å². The van der Waals surface area contributed by atoms with Crippen LogP contribution in [0.2, 0.25) is 0 Å². The van der Waals surface area contributed by atoms with Gasteiger partial charge in [-0.1, -0.05) is 42.5 Å². The molecule has 0 atom stereocenters. The molecule has 1 aromatic heterocycles. The second-order valence-corrected chi connectivity index (χ2v) is 9.52. The van der Waals surface area contributed by atoms with Crippen LogP contribution in [0.15, 0.2) is 72.8 Å². The van der Waals surface area contributed by atoms with E-state index in [9.17, 15) is 4.79 Å². The van der Waals surface area contributed by atoms with Crippen molar-refractivity contribution in [1.82, 2.24) is 4.98 Å². The van der Waals surface area contributed by atoms with Crippen molar-refractivity contribution in [3.8, 4) is 17.2 Å². The Labute approximate surface area is 222 Å². The van der Waals surface area contributed by atoms with Crippen molar-refractivity contribution in [2.75, 3.05) is 19.8 Å². The highest BCUT2D eigenvalue weighted by atomic mass is 16.5. The minimum atomic E-state index is -0.539. The largest absolute Gasteiger partial charge is 0.493 e. The van der Waals surface area contributed by atoms with Crippen LogP contribution in [0.5, 0.6) is 17.2 Å². The summed E-state index contributed by atoms with van der Waals surface area (Å²) >= 11 is 0. The van der Waals surface area contributed by atoms with Gasteiger partial charge in [0.05, 0.1) is 17.8 Å². The Bertz CT molecular complexity index is 1400. The SMILES string of the molecule is Cc1c(COc2cc(OCC3CCOCC3)cc(C(N)=O)c2)nc2ccccc2c1OCc1ccccc1. The van der Waals surface area contributed by atoms with Crippen LogP contribution in [0.1, 0.15) is 40.0 Å². The number of nitrogens with zero attached hydrogens (tertiary/aromatic N) is 1. The zero-order valence-corrected chi connectivity index (χ0v) is 21.5. The first-order chi connectivity index (χ1) is 18.6. The summed E-state index contributed by atoms with van der Waals surface area (Å²) in [7, 11) is 0. The number of rotatable bonds is 10. The number of hydrogen-bond acceptors (Lipinski definition) is 6. The molecule has 7 heteroatoms. The summed E-state index contributed by atoms with van der Waals surface area (Å²) in [5, 5.41) is 0.948. The minimum absolute atomic E-state index is 0.194. The van der Waals surface area contributed by atoms with Crippen molar-refractivity contribution in [2.24, 2.45) is 11.7 Å². The highest BCUT2D eigenvalue weighted by molar-refractivity contribution is 5.93. The van der Waals surface area contributed by atoms with Crippen molar-refractivity contribution in [3.63, 3.8) is 0 Å². The molecule has 1 saturated heterocycles. The fourth-order valence-electron chi connectivity index (χ4n) is 4.54. The maximum atomic E-state index is 12.0. The van der Waals surface area contributed by atoms with Gasteiger partial charge >= 0.3 is 0 Å². The maximum Gasteiger partial charge on any atom is 0.248 e. The molecule has 2 heterocycles. The van der Waals surface area contributed by atoms with Gasteiger partial charge in [0.2, 0.25) is 5.91 Å². The van der Waals surface area contributed by atoms with E-state index in [1.54, 1.807) is 18.2 Å². The molecule has 5 rings (SSSR count). The first-order valence-electron chi connectivity index (χ1n) is 12.9. The fourth-order valence-corrected chi connectivity index (χ4v) is 4.54. The number of nitrogens with two attached hydrogens (primary N) is 1.